The van der Waals surface area contributed by atoms with Crippen LogP contribution in [0.3, 0.4) is 0 Å². The molecule has 1 fully saturated rings. The molecule has 9 heteroatoms. The van der Waals surface area contributed by atoms with Crippen LogP contribution in [0.5, 0.6) is 0 Å². The van der Waals surface area contributed by atoms with Crippen LogP contribution in [-0.2, 0) is 17.8 Å². The molecule has 0 spiro atoms. The van der Waals surface area contributed by atoms with Crippen molar-refractivity contribution >= 4 is 22.2 Å². The number of amides is 1. The molecule has 0 aromatic carbocycles. The molecule has 0 radical (unpaired) electrons. The van der Waals surface area contributed by atoms with E-state index >= 15 is 0 Å². The lowest BCUT2D eigenvalue weighted by Crippen LogP contribution is -2.42. The van der Waals surface area contributed by atoms with Crippen molar-refractivity contribution < 1.29 is 9.53 Å². The van der Waals surface area contributed by atoms with Crippen molar-refractivity contribution in [3.63, 3.8) is 0 Å². The maximum Gasteiger partial charge on any atom is 0.261 e. The summed E-state index contributed by atoms with van der Waals surface area (Å²) in [7, 11) is 0. The molecule has 0 unspecified atom stereocenters. The maximum absolute atomic E-state index is 12.4. The Morgan fingerprint density at radius 2 is 2.28 bits per heavy atom. The topological polar surface area (TPSA) is 91.7 Å². The normalized spacial score (nSPS) is 17.7. The third kappa shape index (κ3) is 4.58. The van der Waals surface area contributed by atoms with Gasteiger partial charge in [-0.25, -0.2) is 4.98 Å². The van der Waals surface area contributed by atoms with E-state index in [1.54, 1.807) is 17.4 Å². The van der Waals surface area contributed by atoms with Crippen LogP contribution in [0.15, 0.2) is 29.3 Å². The number of aryl methyl sites for hydroxylation is 1. The first-order valence-corrected chi connectivity index (χ1v) is 10.6. The van der Waals surface area contributed by atoms with Gasteiger partial charge < -0.3 is 15.0 Å². The molecule has 4 rings (SSSR count). The first-order chi connectivity index (χ1) is 14.0. The highest BCUT2D eigenvalue weighted by molar-refractivity contribution is 7.16. The highest BCUT2D eigenvalue weighted by atomic mass is 32.1. The maximum atomic E-state index is 12.4. The van der Waals surface area contributed by atoms with Gasteiger partial charge in [0, 0.05) is 42.6 Å². The van der Waals surface area contributed by atoms with E-state index < -0.39 is 5.91 Å². The van der Waals surface area contributed by atoms with Crippen LogP contribution in [0.25, 0.3) is 4.96 Å². The Morgan fingerprint density at radius 3 is 3.03 bits per heavy atom. The zero-order valence-corrected chi connectivity index (χ0v) is 17.4. The first-order valence-electron chi connectivity index (χ1n) is 9.80. The highest BCUT2D eigenvalue weighted by Crippen LogP contribution is 2.16. The number of aromatic nitrogens is 3. The van der Waals surface area contributed by atoms with Gasteiger partial charge in [-0.2, -0.15) is 0 Å². The van der Waals surface area contributed by atoms with Gasteiger partial charge in [0.05, 0.1) is 24.9 Å². The molecule has 2 N–H and O–H groups in total. The van der Waals surface area contributed by atoms with E-state index in [2.05, 4.69) is 27.1 Å². The Labute approximate surface area is 172 Å². The van der Waals surface area contributed by atoms with E-state index in [-0.39, 0.29) is 23.8 Å². The number of fused-ring (bicyclic) bond motifs is 1. The summed E-state index contributed by atoms with van der Waals surface area (Å²) in [5.41, 5.74) is 1.30. The van der Waals surface area contributed by atoms with Crippen molar-refractivity contribution in [2.45, 2.75) is 39.5 Å². The minimum Gasteiger partial charge on any atom is -0.376 e. The summed E-state index contributed by atoms with van der Waals surface area (Å²) in [4.78, 5) is 36.5. The average molecular weight is 416 g/mol. The van der Waals surface area contributed by atoms with Crippen molar-refractivity contribution in [2.75, 3.05) is 19.7 Å². The number of hydrogen-bond donors (Lipinski definition) is 2. The van der Waals surface area contributed by atoms with Gasteiger partial charge in [0.15, 0.2) is 4.96 Å². The number of nitrogens with one attached hydrogen (secondary N) is 2. The molecule has 29 heavy (non-hydrogen) atoms. The van der Waals surface area contributed by atoms with Gasteiger partial charge in [-0.1, -0.05) is 6.92 Å². The molecule has 4 heterocycles. The third-order valence-corrected chi connectivity index (χ3v) is 5.95. The van der Waals surface area contributed by atoms with Crippen molar-refractivity contribution in [3.05, 3.63) is 56.7 Å². The predicted octanol–water partition coefficient (Wildman–Crippen LogP) is 1.93. The van der Waals surface area contributed by atoms with E-state index in [4.69, 9.17) is 4.74 Å². The molecule has 3 aromatic heterocycles. The summed E-state index contributed by atoms with van der Waals surface area (Å²) >= 11 is 1.60. The van der Waals surface area contributed by atoms with Crippen molar-refractivity contribution in [1.82, 2.24) is 24.6 Å². The van der Waals surface area contributed by atoms with E-state index in [1.807, 2.05) is 29.8 Å². The third-order valence-electron chi connectivity index (χ3n) is 5.04. The molecule has 1 aliphatic heterocycles. The van der Waals surface area contributed by atoms with Crippen molar-refractivity contribution in [2.24, 2.45) is 0 Å². The molecule has 1 atom stereocenters. The number of imidazole rings is 1. The highest BCUT2D eigenvalue weighted by Gasteiger charge is 2.19. The fraction of sp³-hybridized carbons (Fsp3) is 0.450. The summed E-state index contributed by atoms with van der Waals surface area (Å²) in [5.74, 6) is -0.400. The lowest BCUT2D eigenvalue weighted by Gasteiger charge is -2.32. The Balaban J connectivity index is 1.37. The zero-order chi connectivity index (χ0) is 20.4. The fourth-order valence-electron chi connectivity index (χ4n) is 3.51. The summed E-state index contributed by atoms with van der Waals surface area (Å²) in [6.07, 6.45) is 5.10. The van der Waals surface area contributed by atoms with E-state index in [0.29, 0.717) is 13.2 Å². The second kappa shape index (κ2) is 8.48. The number of aromatic amines is 1. The fourth-order valence-corrected chi connectivity index (χ4v) is 4.34. The van der Waals surface area contributed by atoms with E-state index in [1.165, 1.54) is 4.88 Å². The minimum atomic E-state index is -0.400. The molecule has 0 aliphatic carbocycles. The van der Waals surface area contributed by atoms with Crippen LogP contribution in [0, 0.1) is 6.92 Å². The second-order valence-corrected chi connectivity index (χ2v) is 8.52. The number of ether oxygens (including phenoxy) is 1. The monoisotopic (exact) mass is 415 g/mol. The van der Waals surface area contributed by atoms with Gasteiger partial charge >= 0.3 is 0 Å². The smallest absolute Gasteiger partial charge is 0.261 e. The molecular formula is C20H25N5O3S. The summed E-state index contributed by atoms with van der Waals surface area (Å²) in [6.45, 7) is 7.44. The Hall–Kier alpha value is -2.49. The van der Waals surface area contributed by atoms with Crippen LogP contribution in [-0.4, -0.2) is 51.0 Å². The molecule has 1 aliphatic rings. The van der Waals surface area contributed by atoms with Crippen LogP contribution < -0.4 is 10.9 Å². The first kappa shape index (κ1) is 19.8. The number of carbonyl (C=O) groups excluding carboxylic acids is 1. The summed E-state index contributed by atoms with van der Waals surface area (Å²) in [6, 6.07) is 3.40. The SMILES string of the molecule is CC[C@H]1CN(Cc2ccc(C(=O)NCc3cn4cc(C)sc4n3)c(=O)[nH]2)CCO1. The summed E-state index contributed by atoms with van der Waals surface area (Å²) < 4.78 is 7.62. The average Bonchev–Trinajstić information content (AvgIpc) is 3.23. The molecular weight excluding hydrogens is 390 g/mol. The molecule has 0 saturated carbocycles. The molecule has 3 aromatic rings. The number of carbonyl (C=O) groups is 1. The number of nitrogens with zero attached hydrogens (tertiary/aromatic N) is 3. The molecule has 1 saturated heterocycles. The Morgan fingerprint density at radius 1 is 1.41 bits per heavy atom. The number of hydrogen-bond acceptors (Lipinski definition) is 6. The standard InChI is InChI=1S/C20H25N5O3S/c1-3-16-12-24(6-7-28-16)10-14-4-5-17(19(27)22-14)18(26)21-8-15-11-25-9-13(2)29-20(25)23-15/h4-5,9,11,16H,3,6-8,10,12H2,1-2H3,(H,21,26)(H,22,27)/t16-/m0/s1. The van der Waals surface area contributed by atoms with Crippen LogP contribution in [0.2, 0.25) is 0 Å². The zero-order valence-electron chi connectivity index (χ0n) is 16.6. The van der Waals surface area contributed by atoms with Gasteiger partial charge in [-0.15, -0.1) is 11.3 Å². The number of pyridine rings is 1. The van der Waals surface area contributed by atoms with Crippen molar-refractivity contribution in [3.8, 4) is 0 Å². The number of H-pyrrole nitrogens is 1. The Bertz CT molecular complexity index is 1040. The number of rotatable bonds is 6. The minimum absolute atomic E-state index is 0.110. The predicted molar refractivity (Wildman–Crippen MR) is 111 cm³/mol. The molecule has 8 nitrogen and oxygen atoms in total. The lowest BCUT2D eigenvalue weighted by atomic mass is 10.2. The van der Waals surface area contributed by atoms with Gasteiger partial charge in [-0.3, -0.25) is 18.9 Å². The van der Waals surface area contributed by atoms with E-state index in [9.17, 15) is 9.59 Å². The molecule has 0 bridgehead atoms. The quantitative estimate of drug-likeness (QED) is 0.642. The van der Waals surface area contributed by atoms with Crippen LogP contribution in [0.4, 0.5) is 0 Å². The largest absolute Gasteiger partial charge is 0.376 e. The van der Waals surface area contributed by atoms with Crippen LogP contribution in [0.1, 0.15) is 40.0 Å². The number of thiazole rings is 1. The molecule has 154 valence electrons. The van der Waals surface area contributed by atoms with Gasteiger partial charge in [0.1, 0.15) is 5.56 Å². The van der Waals surface area contributed by atoms with Gasteiger partial charge in [0.25, 0.3) is 11.5 Å². The second-order valence-electron chi connectivity index (χ2n) is 7.31. The lowest BCUT2D eigenvalue weighted by molar-refractivity contribution is -0.0328. The van der Waals surface area contributed by atoms with Gasteiger partial charge in [-0.05, 0) is 25.5 Å². The Kier molecular flexibility index (Phi) is 5.79. The van der Waals surface area contributed by atoms with Gasteiger partial charge in [0.2, 0.25) is 0 Å². The number of morpholine rings is 1. The molecule has 1 amide bonds. The van der Waals surface area contributed by atoms with Crippen molar-refractivity contribution in [1.29, 1.82) is 0 Å². The van der Waals surface area contributed by atoms with Crippen LogP contribution >= 0.6 is 11.3 Å². The summed E-state index contributed by atoms with van der Waals surface area (Å²) in [5, 5.41) is 2.78. The van der Waals surface area contributed by atoms with E-state index in [0.717, 1.165) is 35.9 Å².